The number of carboxylic acids is 1. The third kappa shape index (κ3) is 4.81. The molecular weight excluding hydrogens is 268 g/mol. The Morgan fingerprint density at radius 3 is 2.71 bits per heavy atom. The van der Waals surface area contributed by atoms with Gasteiger partial charge in [0.05, 0.1) is 12.7 Å². The molecule has 0 radical (unpaired) electrons. The van der Waals surface area contributed by atoms with E-state index in [0.29, 0.717) is 18.5 Å². The van der Waals surface area contributed by atoms with Crippen molar-refractivity contribution in [2.24, 2.45) is 5.92 Å². The van der Waals surface area contributed by atoms with Crippen LogP contribution >= 0.6 is 0 Å². The number of aromatic carboxylic acids is 1. The zero-order chi connectivity index (χ0) is 15.2. The predicted octanol–water partition coefficient (Wildman–Crippen LogP) is 2.27. The van der Waals surface area contributed by atoms with Crippen LogP contribution in [0.4, 0.5) is 0 Å². The van der Waals surface area contributed by atoms with Gasteiger partial charge < -0.3 is 5.11 Å². The second kappa shape index (κ2) is 7.54. The average Bonchev–Trinajstić information content (AvgIpc) is 3.09. The van der Waals surface area contributed by atoms with Crippen LogP contribution in [0.1, 0.15) is 56.4 Å². The summed E-state index contributed by atoms with van der Waals surface area (Å²) < 4.78 is 1.64. The molecule has 1 heterocycles. The van der Waals surface area contributed by atoms with E-state index < -0.39 is 5.97 Å². The van der Waals surface area contributed by atoms with Crippen LogP contribution in [-0.4, -0.2) is 50.1 Å². The summed E-state index contributed by atoms with van der Waals surface area (Å²) in [6, 6.07) is 0.686. The van der Waals surface area contributed by atoms with Crippen molar-refractivity contribution in [2.45, 2.75) is 58.5 Å². The van der Waals surface area contributed by atoms with Gasteiger partial charge in [-0.3, -0.25) is 9.58 Å². The van der Waals surface area contributed by atoms with Gasteiger partial charge in [-0.25, -0.2) is 4.79 Å². The van der Waals surface area contributed by atoms with Crippen LogP contribution in [0.5, 0.6) is 0 Å². The van der Waals surface area contributed by atoms with Crippen LogP contribution in [0.25, 0.3) is 0 Å². The third-order valence-corrected chi connectivity index (χ3v) is 4.21. The molecule has 0 bridgehead atoms. The van der Waals surface area contributed by atoms with Crippen molar-refractivity contribution in [3.8, 4) is 0 Å². The minimum absolute atomic E-state index is 0.0181. The first-order valence-corrected chi connectivity index (χ1v) is 7.93. The van der Waals surface area contributed by atoms with Crippen LogP contribution in [0, 0.1) is 5.92 Å². The number of aromatic nitrogens is 3. The van der Waals surface area contributed by atoms with E-state index in [1.165, 1.54) is 38.3 Å². The minimum Gasteiger partial charge on any atom is -0.476 e. The summed E-state index contributed by atoms with van der Waals surface area (Å²) in [4.78, 5) is 13.4. The molecule has 0 saturated heterocycles. The van der Waals surface area contributed by atoms with Gasteiger partial charge in [0.2, 0.25) is 0 Å². The second-order valence-corrected chi connectivity index (χ2v) is 6.33. The number of carboxylic acid groups (broad SMARTS) is 1. The summed E-state index contributed by atoms with van der Waals surface area (Å²) in [5.41, 5.74) is 0.0181. The molecule has 0 atom stereocenters. The van der Waals surface area contributed by atoms with E-state index in [1.54, 1.807) is 4.68 Å². The molecule has 1 aliphatic carbocycles. The second-order valence-electron chi connectivity index (χ2n) is 6.33. The van der Waals surface area contributed by atoms with Crippen molar-refractivity contribution in [2.75, 3.05) is 13.1 Å². The number of nitrogens with zero attached hydrogens (tertiary/aromatic N) is 4. The third-order valence-electron chi connectivity index (χ3n) is 4.21. The van der Waals surface area contributed by atoms with Crippen molar-refractivity contribution in [3.63, 3.8) is 0 Å². The fraction of sp³-hybridized carbons (Fsp3) is 0.800. The normalized spacial score (nSPS) is 16.2. The molecule has 0 aromatic carbocycles. The minimum atomic E-state index is -1.02. The Morgan fingerprint density at radius 2 is 2.14 bits per heavy atom. The van der Waals surface area contributed by atoms with E-state index in [-0.39, 0.29) is 5.69 Å². The Bertz CT molecular complexity index is 452. The van der Waals surface area contributed by atoms with Crippen molar-refractivity contribution in [3.05, 3.63) is 11.9 Å². The molecule has 1 aromatic heterocycles. The summed E-state index contributed by atoms with van der Waals surface area (Å²) in [5.74, 6) is -0.312. The molecule has 1 aliphatic rings. The SMILES string of the molecule is CC(C)CCN(CCn1cc(C(=O)O)nn1)C1CCCC1. The molecule has 1 fully saturated rings. The highest BCUT2D eigenvalue weighted by atomic mass is 16.4. The highest BCUT2D eigenvalue weighted by molar-refractivity contribution is 5.84. The molecule has 21 heavy (non-hydrogen) atoms. The van der Waals surface area contributed by atoms with Gasteiger partial charge in [-0.1, -0.05) is 31.9 Å². The molecule has 0 unspecified atom stereocenters. The Morgan fingerprint density at radius 1 is 1.43 bits per heavy atom. The highest BCUT2D eigenvalue weighted by Crippen LogP contribution is 2.24. The Labute approximate surface area is 126 Å². The monoisotopic (exact) mass is 294 g/mol. The van der Waals surface area contributed by atoms with E-state index in [1.807, 2.05) is 0 Å². The Kier molecular flexibility index (Phi) is 5.73. The quantitative estimate of drug-likeness (QED) is 0.796. The van der Waals surface area contributed by atoms with Crippen LogP contribution in [0.2, 0.25) is 0 Å². The van der Waals surface area contributed by atoms with Gasteiger partial charge in [-0.2, -0.15) is 0 Å². The summed E-state index contributed by atoms with van der Waals surface area (Å²) in [6.45, 7) is 7.24. The Hall–Kier alpha value is -1.43. The molecule has 0 aliphatic heterocycles. The molecule has 6 heteroatoms. The van der Waals surface area contributed by atoms with Crippen LogP contribution < -0.4 is 0 Å². The maximum Gasteiger partial charge on any atom is 0.358 e. The maximum absolute atomic E-state index is 10.8. The topological polar surface area (TPSA) is 71.2 Å². The molecule has 1 aromatic rings. The average molecular weight is 294 g/mol. The lowest BCUT2D eigenvalue weighted by atomic mass is 10.1. The van der Waals surface area contributed by atoms with Crippen molar-refractivity contribution in [1.82, 2.24) is 19.9 Å². The van der Waals surface area contributed by atoms with Gasteiger partial charge >= 0.3 is 5.97 Å². The summed E-state index contributed by atoms with van der Waals surface area (Å²) in [5, 5.41) is 16.4. The van der Waals surface area contributed by atoms with Gasteiger partial charge in [0.1, 0.15) is 0 Å². The molecule has 118 valence electrons. The summed E-state index contributed by atoms with van der Waals surface area (Å²) in [7, 11) is 0. The largest absolute Gasteiger partial charge is 0.476 e. The first-order chi connectivity index (χ1) is 10.1. The molecule has 1 saturated carbocycles. The predicted molar refractivity (Wildman–Crippen MR) is 80.3 cm³/mol. The van der Waals surface area contributed by atoms with Gasteiger partial charge in [-0.15, -0.1) is 5.10 Å². The maximum atomic E-state index is 10.8. The summed E-state index contributed by atoms with van der Waals surface area (Å²) >= 11 is 0. The van der Waals surface area contributed by atoms with E-state index in [4.69, 9.17) is 5.11 Å². The lowest BCUT2D eigenvalue weighted by Crippen LogP contribution is -2.37. The highest BCUT2D eigenvalue weighted by Gasteiger charge is 2.22. The lowest BCUT2D eigenvalue weighted by Gasteiger charge is -2.29. The number of carbonyl (C=O) groups is 1. The van der Waals surface area contributed by atoms with Gasteiger partial charge in [-0.05, 0) is 31.7 Å². The number of hydrogen-bond donors (Lipinski definition) is 1. The molecule has 0 spiro atoms. The van der Waals surface area contributed by atoms with Crippen molar-refractivity contribution >= 4 is 5.97 Å². The zero-order valence-corrected chi connectivity index (χ0v) is 13.0. The van der Waals surface area contributed by atoms with Crippen molar-refractivity contribution < 1.29 is 9.90 Å². The van der Waals surface area contributed by atoms with E-state index in [0.717, 1.165) is 13.1 Å². The van der Waals surface area contributed by atoms with Gasteiger partial charge in [0.15, 0.2) is 5.69 Å². The molecule has 2 rings (SSSR count). The van der Waals surface area contributed by atoms with Gasteiger partial charge in [0, 0.05) is 12.6 Å². The van der Waals surface area contributed by atoms with E-state index in [2.05, 4.69) is 29.1 Å². The molecule has 6 nitrogen and oxygen atoms in total. The number of rotatable bonds is 8. The van der Waals surface area contributed by atoms with Crippen LogP contribution in [0.15, 0.2) is 6.20 Å². The standard InChI is InChI=1S/C15H26N4O2/c1-12(2)7-8-18(13-5-3-4-6-13)9-10-19-11-14(15(20)21)16-17-19/h11-13H,3-10H2,1-2H3,(H,20,21). The molecule has 1 N–H and O–H groups in total. The van der Waals surface area contributed by atoms with Crippen molar-refractivity contribution in [1.29, 1.82) is 0 Å². The first kappa shape index (κ1) is 15.9. The Balaban J connectivity index is 1.89. The number of hydrogen-bond acceptors (Lipinski definition) is 4. The molecule has 0 amide bonds. The van der Waals surface area contributed by atoms with Crippen LogP contribution in [0.3, 0.4) is 0 Å². The van der Waals surface area contributed by atoms with E-state index in [9.17, 15) is 4.79 Å². The fourth-order valence-electron chi connectivity index (χ4n) is 2.91. The fourth-order valence-corrected chi connectivity index (χ4v) is 2.91. The molecular formula is C15H26N4O2. The smallest absolute Gasteiger partial charge is 0.358 e. The van der Waals surface area contributed by atoms with Crippen LogP contribution in [-0.2, 0) is 6.54 Å². The van der Waals surface area contributed by atoms with E-state index >= 15 is 0 Å². The van der Waals surface area contributed by atoms with Gasteiger partial charge in [0.25, 0.3) is 0 Å². The first-order valence-electron chi connectivity index (χ1n) is 7.93. The zero-order valence-electron chi connectivity index (χ0n) is 13.0. The summed E-state index contributed by atoms with van der Waals surface area (Å²) in [6.07, 6.45) is 7.95. The lowest BCUT2D eigenvalue weighted by molar-refractivity contribution is 0.0690.